The van der Waals surface area contributed by atoms with Gasteiger partial charge in [-0.25, -0.2) is 0 Å². The zero-order valence-corrected chi connectivity index (χ0v) is 16.9. The molecule has 0 amide bonds. The van der Waals surface area contributed by atoms with Crippen LogP contribution in [0.15, 0.2) is 54.6 Å². The lowest BCUT2D eigenvalue weighted by Crippen LogP contribution is -2.45. The minimum atomic E-state index is -0.901. The van der Waals surface area contributed by atoms with E-state index in [0.29, 0.717) is 5.92 Å². The van der Waals surface area contributed by atoms with Gasteiger partial charge >= 0.3 is 0 Å². The third-order valence-electron chi connectivity index (χ3n) is 5.59. The number of benzene rings is 2. The van der Waals surface area contributed by atoms with E-state index in [-0.39, 0.29) is 5.92 Å². The topological polar surface area (TPSA) is 32.7 Å². The van der Waals surface area contributed by atoms with Gasteiger partial charge in [0.05, 0.1) is 18.8 Å². The molecular weight excluding hydrogens is 334 g/mol. The average Bonchev–Trinajstić information content (AvgIpc) is 2.67. The highest BCUT2D eigenvalue weighted by Gasteiger charge is 2.40. The second kappa shape index (κ2) is 9.01. The Hall–Kier alpha value is -1.68. The van der Waals surface area contributed by atoms with Gasteiger partial charge in [-0.2, -0.15) is 0 Å². The van der Waals surface area contributed by atoms with Crippen molar-refractivity contribution in [2.45, 2.75) is 38.7 Å². The molecule has 1 saturated heterocycles. The molecule has 2 atom stereocenters. The van der Waals surface area contributed by atoms with Crippen LogP contribution in [0.3, 0.4) is 0 Å². The number of ether oxygens (including phenoxy) is 1. The number of hydrogen-bond donors (Lipinski definition) is 1. The van der Waals surface area contributed by atoms with Crippen LogP contribution in [0, 0.1) is 12.8 Å². The molecule has 0 aliphatic carbocycles. The van der Waals surface area contributed by atoms with Gasteiger partial charge in [-0.05, 0) is 30.4 Å². The van der Waals surface area contributed by atoms with E-state index < -0.39 is 5.60 Å². The third kappa shape index (κ3) is 4.98. The summed E-state index contributed by atoms with van der Waals surface area (Å²) >= 11 is 0. The van der Waals surface area contributed by atoms with Gasteiger partial charge in [0.1, 0.15) is 0 Å². The van der Waals surface area contributed by atoms with Crippen LogP contribution in [0.1, 0.15) is 42.9 Å². The number of morpholine rings is 1. The average molecular weight is 368 g/mol. The van der Waals surface area contributed by atoms with Gasteiger partial charge < -0.3 is 9.84 Å². The predicted molar refractivity (Wildman–Crippen MR) is 111 cm³/mol. The molecule has 2 aromatic rings. The van der Waals surface area contributed by atoms with Crippen LogP contribution < -0.4 is 0 Å². The Balaban J connectivity index is 2.01. The van der Waals surface area contributed by atoms with E-state index >= 15 is 0 Å². The Morgan fingerprint density at radius 2 is 1.63 bits per heavy atom. The second-order valence-electron chi connectivity index (χ2n) is 8.26. The maximum Gasteiger partial charge on any atom is 0.0979 e. The monoisotopic (exact) mass is 367 g/mol. The first-order valence-corrected chi connectivity index (χ1v) is 10.1. The summed E-state index contributed by atoms with van der Waals surface area (Å²) in [6.45, 7) is 10.7. The van der Waals surface area contributed by atoms with Crippen LogP contribution in [-0.2, 0) is 10.3 Å². The van der Waals surface area contributed by atoms with E-state index in [0.717, 1.165) is 44.8 Å². The van der Waals surface area contributed by atoms with Crippen molar-refractivity contribution in [3.63, 3.8) is 0 Å². The summed E-state index contributed by atoms with van der Waals surface area (Å²) in [5, 5.41) is 12.1. The molecular formula is C24H33NO2. The van der Waals surface area contributed by atoms with Crippen molar-refractivity contribution in [3.05, 3.63) is 71.3 Å². The van der Waals surface area contributed by atoms with Crippen molar-refractivity contribution in [2.75, 3.05) is 32.8 Å². The summed E-state index contributed by atoms with van der Waals surface area (Å²) in [5.74, 6) is 0.411. The molecule has 3 heteroatoms. The van der Waals surface area contributed by atoms with E-state index in [9.17, 15) is 5.11 Å². The molecule has 0 saturated carbocycles. The first-order valence-electron chi connectivity index (χ1n) is 10.1. The molecule has 3 nitrogen and oxygen atoms in total. The van der Waals surface area contributed by atoms with Crippen LogP contribution in [0.4, 0.5) is 0 Å². The molecule has 0 radical (unpaired) electrons. The Kier molecular flexibility index (Phi) is 6.69. The maximum atomic E-state index is 12.1. The Morgan fingerprint density at radius 1 is 1.00 bits per heavy atom. The van der Waals surface area contributed by atoms with Crippen molar-refractivity contribution < 1.29 is 9.84 Å². The van der Waals surface area contributed by atoms with Crippen LogP contribution in [0.2, 0.25) is 0 Å². The predicted octanol–water partition coefficient (Wildman–Crippen LogP) is 4.34. The smallest absolute Gasteiger partial charge is 0.0979 e. The van der Waals surface area contributed by atoms with Crippen LogP contribution in [0.5, 0.6) is 0 Å². The molecule has 0 bridgehead atoms. The van der Waals surface area contributed by atoms with Crippen molar-refractivity contribution in [3.8, 4) is 0 Å². The van der Waals surface area contributed by atoms with E-state index in [4.69, 9.17) is 4.74 Å². The lowest BCUT2D eigenvalue weighted by atomic mass is 9.72. The van der Waals surface area contributed by atoms with Gasteiger partial charge in [0.25, 0.3) is 0 Å². The summed E-state index contributed by atoms with van der Waals surface area (Å²) < 4.78 is 5.53. The molecule has 27 heavy (non-hydrogen) atoms. The van der Waals surface area contributed by atoms with Crippen molar-refractivity contribution >= 4 is 0 Å². The van der Waals surface area contributed by atoms with E-state index in [1.165, 1.54) is 11.1 Å². The highest BCUT2D eigenvalue weighted by molar-refractivity contribution is 5.33. The van der Waals surface area contributed by atoms with E-state index in [1.54, 1.807) is 0 Å². The zero-order chi connectivity index (χ0) is 19.3. The molecule has 0 spiro atoms. The molecule has 1 aliphatic heterocycles. The third-order valence-corrected chi connectivity index (χ3v) is 5.59. The second-order valence-corrected chi connectivity index (χ2v) is 8.26. The molecule has 0 unspecified atom stereocenters. The normalized spacial score (nSPS) is 19.0. The van der Waals surface area contributed by atoms with Crippen LogP contribution in [0.25, 0.3) is 0 Å². The highest BCUT2D eigenvalue weighted by Crippen LogP contribution is 2.42. The van der Waals surface area contributed by atoms with Crippen LogP contribution in [-0.4, -0.2) is 42.9 Å². The number of nitrogens with zero attached hydrogens (tertiary/aromatic N) is 1. The minimum absolute atomic E-state index is 0.0157. The van der Waals surface area contributed by atoms with E-state index in [2.05, 4.69) is 74.2 Å². The molecule has 1 fully saturated rings. The number of rotatable bonds is 7. The van der Waals surface area contributed by atoms with Crippen LogP contribution >= 0.6 is 0 Å². The molecule has 3 rings (SSSR count). The largest absolute Gasteiger partial charge is 0.384 e. The lowest BCUT2D eigenvalue weighted by molar-refractivity contribution is -0.0356. The van der Waals surface area contributed by atoms with Gasteiger partial charge in [-0.3, -0.25) is 4.90 Å². The molecule has 1 heterocycles. The summed E-state index contributed by atoms with van der Waals surface area (Å²) in [6.07, 6.45) is 0.736. The van der Waals surface area contributed by atoms with Gasteiger partial charge in [0.2, 0.25) is 0 Å². The molecule has 1 N–H and O–H groups in total. The lowest BCUT2D eigenvalue weighted by Gasteiger charge is -2.42. The molecule has 2 aromatic carbocycles. The van der Waals surface area contributed by atoms with Gasteiger partial charge in [0, 0.05) is 25.6 Å². The minimum Gasteiger partial charge on any atom is -0.384 e. The molecule has 146 valence electrons. The molecule has 1 aliphatic rings. The first-order chi connectivity index (χ1) is 13.0. The summed E-state index contributed by atoms with van der Waals surface area (Å²) in [7, 11) is 0. The van der Waals surface area contributed by atoms with Gasteiger partial charge in [-0.15, -0.1) is 0 Å². The summed E-state index contributed by atoms with van der Waals surface area (Å²) in [4.78, 5) is 2.43. The zero-order valence-electron chi connectivity index (χ0n) is 16.9. The summed E-state index contributed by atoms with van der Waals surface area (Å²) in [6, 6.07) is 18.9. The van der Waals surface area contributed by atoms with Crippen molar-refractivity contribution in [2.24, 2.45) is 5.92 Å². The standard InChI is InChI=1S/C24H33NO2/c1-19(2)17-24(26,22-11-9-20(3)10-12-22)23(21-7-5-4-6-8-21)18-25-13-15-27-16-14-25/h4-12,19,23,26H,13-18H2,1-3H3/t23-,24-/m1/s1. The number of hydrogen-bond acceptors (Lipinski definition) is 3. The SMILES string of the molecule is Cc1ccc([C@](O)(CC(C)C)[C@H](CN2CCOCC2)c2ccccc2)cc1. The Morgan fingerprint density at radius 3 is 2.22 bits per heavy atom. The maximum absolute atomic E-state index is 12.1. The number of aryl methyl sites for hydroxylation is 1. The Labute approximate surface area is 164 Å². The Bertz CT molecular complexity index is 692. The number of aliphatic hydroxyl groups is 1. The van der Waals surface area contributed by atoms with Gasteiger partial charge in [-0.1, -0.05) is 74.0 Å². The fourth-order valence-corrected chi connectivity index (χ4v) is 4.19. The molecule has 0 aromatic heterocycles. The van der Waals surface area contributed by atoms with Gasteiger partial charge in [0.15, 0.2) is 0 Å². The fraction of sp³-hybridized carbons (Fsp3) is 0.500. The van der Waals surface area contributed by atoms with Crippen molar-refractivity contribution in [1.82, 2.24) is 4.90 Å². The first kappa shape index (κ1) is 20.1. The quantitative estimate of drug-likeness (QED) is 0.790. The fourth-order valence-electron chi connectivity index (χ4n) is 4.19. The van der Waals surface area contributed by atoms with Crippen molar-refractivity contribution in [1.29, 1.82) is 0 Å². The summed E-state index contributed by atoms with van der Waals surface area (Å²) in [5.41, 5.74) is 2.54. The van der Waals surface area contributed by atoms with E-state index in [1.807, 2.05) is 6.07 Å². The highest BCUT2D eigenvalue weighted by atomic mass is 16.5.